The van der Waals surface area contributed by atoms with Crippen LogP contribution in [0.1, 0.15) is 39.0 Å². The monoisotopic (exact) mass is 211 g/mol. The van der Waals surface area contributed by atoms with Gasteiger partial charge < -0.3 is 9.64 Å². The topological polar surface area (TPSA) is 29.5 Å². The summed E-state index contributed by atoms with van der Waals surface area (Å²) in [7, 11) is 0. The zero-order chi connectivity index (χ0) is 10.7. The van der Waals surface area contributed by atoms with Gasteiger partial charge in [0.1, 0.15) is 0 Å². The first-order valence-corrected chi connectivity index (χ1v) is 6.23. The fourth-order valence-electron chi connectivity index (χ4n) is 2.68. The van der Waals surface area contributed by atoms with E-state index in [2.05, 4.69) is 6.92 Å². The lowest BCUT2D eigenvalue weighted by molar-refractivity contribution is -0.138. The van der Waals surface area contributed by atoms with E-state index in [1.165, 1.54) is 19.3 Å². The normalized spacial score (nSPS) is 31.9. The van der Waals surface area contributed by atoms with E-state index in [9.17, 15) is 4.79 Å². The SMILES string of the molecule is CCC1OCCC1C(=O)N1CCCCC1. The van der Waals surface area contributed by atoms with Crippen LogP contribution in [0.15, 0.2) is 0 Å². The molecule has 0 aromatic carbocycles. The van der Waals surface area contributed by atoms with Crippen LogP contribution in [-0.4, -0.2) is 36.6 Å². The van der Waals surface area contributed by atoms with Gasteiger partial charge in [-0.3, -0.25) is 4.79 Å². The van der Waals surface area contributed by atoms with Crippen molar-refractivity contribution in [2.45, 2.75) is 45.1 Å². The van der Waals surface area contributed by atoms with Crippen LogP contribution in [0.2, 0.25) is 0 Å². The molecule has 2 rings (SSSR count). The Hall–Kier alpha value is -0.570. The average Bonchev–Trinajstić information content (AvgIpc) is 2.77. The maximum absolute atomic E-state index is 12.2. The standard InChI is InChI=1S/C12H21NO2/c1-2-11-10(6-9-15-11)12(14)13-7-4-3-5-8-13/h10-11H,2-9H2,1H3. The van der Waals surface area contributed by atoms with Gasteiger partial charge in [-0.15, -0.1) is 0 Å². The van der Waals surface area contributed by atoms with Crippen molar-refractivity contribution in [3.05, 3.63) is 0 Å². The van der Waals surface area contributed by atoms with E-state index >= 15 is 0 Å². The van der Waals surface area contributed by atoms with Crippen LogP contribution in [0.3, 0.4) is 0 Å². The molecule has 0 spiro atoms. The molecule has 2 aliphatic rings. The summed E-state index contributed by atoms with van der Waals surface area (Å²) in [5.41, 5.74) is 0. The van der Waals surface area contributed by atoms with Crippen LogP contribution < -0.4 is 0 Å². The van der Waals surface area contributed by atoms with Crippen LogP contribution in [0.4, 0.5) is 0 Å². The van der Waals surface area contributed by atoms with Gasteiger partial charge in [-0.25, -0.2) is 0 Å². The lowest BCUT2D eigenvalue weighted by Gasteiger charge is -2.30. The summed E-state index contributed by atoms with van der Waals surface area (Å²) < 4.78 is 5.58. The Morgan fingerprint density at radius 3 is 2.73 bits per heavy atom. The zero-order valence-corrected chi connectivity index (χ0v) is 9.58. The van der Waals surface area contributed by atoms with Gasteiger partial charge in [-0.1, -0.05) is 6.92 Å². The molecule has 2 heterocycles. The summed E-state index contributed by atoms with van der Waals surface area (Å²) in [5.74, 6) is 0.493. The number of carbonyl (C=O) groups excluding carboxylic acids is 1. The van der Waals surface area contributed by atoms with Crippen LogP contribution in [0.5, 0.6) is 0 Å². The fraction of sp³-hybridized carbons (Fsp3) is 0.917. The molecule has 0 aromatic heterocycles. The quantitative estimate of drug-likeness (QED) is 0.697. The second-order valence-electron chi connectivity index (χ2n) is 4.60. The molecule has 1 amide bonds. The Balaban J connectivity index is 1.93. The van der Waals surface area contributed by atoms with Crippen LogP contribution >= 0.6 is 0 Å². The highest BCUT2D eigenvalue weighted by atomic mass is 16.5. The highest BCUT2D eigenvalue weighted by Gasteiger charge is 2.35. The van der Waals surface area contributed by atoms with Gasteiger partial charge in [0, 0.05) is 19.7 Å². The maximum Gasteiger partial charge on any atom is 0.228 e. The van der Waals surface area contributed by atoms with Crippen molar-refractivity contribution in [3.8, 4) is 0 Å². The fourth-order valence-corrected chi connectivity index (χ4v) is 2.68. The highest BCUT2D eigenvalue weighted by Crippen LogP contribution is 2.26. The number of piperidine rings is 1. The largest absolute Gasteiger partial charge is 0.377 e. The average molecular weight is 211 g/mol. The smallest absolute Gasteiger partial charge is 0.228 e. The zero-order valence-electron chi connectivity index (χ0n) is 9.58. The third kappa shape index (κ3) is 2.33. The van der Waals surface area contributed by atoms with E-state index in [-0.39, 0.29) is 12.0 Å². The van der Waals surface area contributed by atoms with Gasteiger partial charge in [-0.05, 0) is 32.1 Å². The molecule has 2 atom stereocenters. The summed E-state index contributed by atoms with van der Waals surface area (Å²) in [4.78, 5) is 14.3. The van der Waals surface area contributed by atoms with Crippen molar-refractivity contribution < 1.29 is 9.53 Å². The first-order valence-electron chi connectivity index (χ1n) is 6.23. The van der Waals surface area contributed by atoms with Gasteiger partial charge in [0.2, 0.25) is 5.91 Å². The van der Waals surface area contributed by atoms with Crippen molar-refractivity contribution in [1.29, 1.82) is 0 Å². The number of nitrogens with zero attached hydrogens (tertiary/aromatic N) is 1. The number of ether oxygens (including phenoxy) is 1. The van der Waals surface area contributed by atoms with Gasteiger partial charge in [0.25, 0.3) is 0 Å². The second kappa shape index (κ2) is 4.97. The van der Waals surface area contributed by atoms with E-state index in [4.69, 9.17) is 4.74 Å². The maximum atomic E-state index is 12.2. The van der Waals surface area contributed by atoms with Crippen LogP contribution in [0, 0.1) is 5.92 Å². The van der Waals surface area contributed by atoms with Crippen LogP contribution in [-0.2, 0) is 9.53 Å². The van der Waals surface area contributed by atoms with E-state index in [1.54, 1.807) is 0 Å². The Labute approximate surface area is 91.8 Å². The van der Waals surface area contributed by atoms with E-state index in [1.807, 2.05) is 4.90 Å². The van der Waals surface area contributed by atoms with E-state index < -0.39 is 0 Å². The molecular weight excluding hydrogens is 190 g/mol. The Bertz CT molecular complexity index is 224. The molecule has 15 heavy (non-hydrogen) atoms. The van der Waals surface area contributed by atoms with Crippen molar-refractivity contribution in [3.63, 3.8) is 0 Å². The molecular formula is C12H21NO2. The minimum Gasteiger partial charge on any atom is -0.377 e. The molecule has 0 saturated carbocycles. The summed E-state index contributed by atoms with van der Waals surface area (Å²) in [6, 6.07) is 0. The molecule has 2 unspecified atom stereocenters. The molecule has 0 aromatic rings. The molecule has 3 heteroatoms. The lowest BCUT2D eigenvalue weighted by atomic mass is 9.97. The predicted molar refractivity (Wildman–Crippen MR) is 58.6 cm³/mol. The number of hydrogen-bond acceptors (Lipinski definition) is 2. The number of amides is 1. The Morgan fingerprint density at radius 2 is 2.07 bits per heavy atom. The van der Waals surface area contributed by atoms with Gasteiger partial charge in [0.15, 0.2) is 0 Å². The molecule has 86 valence electrons. The van der Waals surface area contributed by atoms with Crippen molar-refractivity contribution in [1.82, 2.24) is 4.90 Å². The summed E-state index contributed by atoms with van der Waals surface area (Å²) >= 11 is 0. The molecule has 2 aliphatic heterocycles. The van der Waals surface area contributed by atoms with E-state index in [0.29, 0.717) is 5.91 Å². The third-order valence-corrected chi connectivity index (χ3v) is 3.60. The number of rotatable bonds is 2. The first kappa shape index (κ1) is 10.9. The molecule has 3 nitrogen and oxygen atoms in total. The Morgan fingerprint density at radius 1 is 1.33 bits per heavy atom. The molecule has 0 N–H and O–H groups in total. The lowest BCUT2D eigenvalue weighted by Crippen LogP contribution is -2.42. The van der Waals surface area contributed by atoms with E-state index in [0.717, 1.165) is 32.5 Å². The number of hydrogen-bond donors (Lipinski definition) is 0. The summed E-state index contributed by atoms with van der Waals surface area (Å²) in [6.07, 6.45) is 5.70. The number of carbonyl (C=O) groups is 1. The van der Waals surface area contributed by atoms with Crippen molar-refractivity contribution in [2.75, 3.05) is 19.7 Å². The van der Waals surface area contributed by atoms with Crippen LogP contribution in [0.25, 0.3) is 0 Å². The second-order valence-corrected chi connectivity index (χ2v) is 4.60. The van der Waals surface area contributed by atoms with Gasteiger partial charge >= 0.3 is 0 Å². The minimum absolute atomic E-state index is 0.146. The molecule has 2 saturated heterocycles. The first-order chi connectivity index (χ1) is 7.33. The Kier molecular flexibility index (Phi) is 3.62. The number of likely N-dealkylation sites (tertiary alicyclic amines) is 1. The highest BCUT2D eigenvalue weighted by molar-refractivity contribution is 5.79. The molecule has 0 bridgehead atoms. The molecule has 2 fully saturated rings. The summed E-state index contributed by atoms with van der Waals surface area (Å²) in [5, 5.41) is 0. The van der Waals surface area contributed by atoms with Gasteiger partial charge in [-0.2, -0.15) is 0 Å². The minimum atomic E-state index is 0.146. The van der Waals surface area contributed by atoms with Crippen molar-refractivity contribution >= 4 is 5.91 Å². The molecule has 0 aliphatic carbocycles. The van der Waals surface area contributed by atoms with Crippen molar-refractivity contribution in [2.24, 2.45) is 5.92 Å². The predicted octanol–water partition coefficient (Wildman–Crippen LogP) is 1.81. The summed E-state index contributed by atoms with van der Waals surface area (Å²) in [6.45, 7) is 4.80. The molecule has 0 radical (unpaired) electrons. The third-order valence-electron chi connectivity index (χ3n) is 3.60. The van der Waals surface area contributed by atoms with Gasteiger partial charge in [0.05, 0.1) is 12.0 Å².